The Balaban J connectivity index is 2.02. The van der Waals surface area contributed by atoms with Gasteiger partial charge in [-0.05, 0) is 44.2 Å². The van der Waals surface area contributed by atoms with Crippen molar-refractivity contribution in [3.8, 4) is 0 Å². The Hall–Kier alpha value is -2.13. The molecular weight excluding hydrogens is 260 g/mol. The van der Waals surface area contributed by atoms with Gasteiger partial charge in [-0.1, -0.05) is 42.0 Å². The van der Waals surface area contributed by atoms with Crippen LogP contribution in [-0.4, -0.2) is 13.0 Å². The van der Waals surface area contributed by atoms with Gasteiger partial charge in [-0.15, -0.1) is 0 Å². The molecule has 21 heavy (non-hydrogen) atoms. The number of carbonyl (C=O) groups is 1. The van der Waals surface area contributed by atoms with E-state index < -0.39 is 0 Å². The van der Waals surface area contributed by atoms with Crippen LogP contribution in [0.4, 0.5) is 5.69 Å². The van der Waals surface area contributed by atoms with Crippen LogP contribution < -0.4 is 10.6 Å². The van der Waals surface area contributed by atoms with Gasteiger partial charge in [-0.3, -0.25) is 4.79 Å². The quantitative estimate of drug-likeness (QED) is 0.882. The highest BCUT2D eigenvalue weighted by molar-refractivity contribution is 5.92. The first-order chi connectivity index (χ1) is 10.1. The largest absolute Gasteiger partial charge is 0.326 e. The molecule has 0 spiro atoms. The number of aryl methyl sites for hydroxylation is 1. The van der Waals surface area contributed by atoms with Crippen molar-refractivity contribution in [3.63, 3.8) is 0 Å². The fourth-order valence-corrected chi connectivity index (χ4v) is 2.27. The molecule has 1 amide bonds. The Kier molecular flexibility index (Phi) is 5.12. The summed E-state index contributed by atoms with van der Waals surface area (Å²) in [5.74, 6) is 0.00913. The molecule has 0 heterocycles. The van der Waals surface area contributed by atoms with Gasteiger partial charge in [0.1, 0.15) is 0 Å². The molecule has 0 saturated carbocycles. The number of anilines is 1. The third-order valence-electron chi connectivity index (χ3n) is 3.55. The summed E-state index contributed by atoms with van der Waals surface area (Å²) in [5, 5.41) is 6.16. The van der Waals surface area contributed by atoms with Crippen LogP contribution in [0.2, 0.25) is 0 Å². The van der Waals surface area contributed by atoms with Crippen LogP contribution >= 0.6 is 0 Å². The van der Waals surface area contributed by atoms with Crippen molar-refractivity contribution >= 4 is 11.6 Å². The maximum atomic E-state index is 12.1. The molecule has 0 aliphatic rings. The highest BCUT2D eigenvalue weighted by Gasteiger charge is 2.07. The zero-order valence-corrected chi connectivity index (χ0v) is 12.8. The van der Waals surface area contributed by atoms with Crippen LogP contribution in [0.3, 0.4) is 0 Å². The van der Waals surface area contributed by atoms with Gasteiger partial charge in [0, 0.05) is 11.7 Å². The van der Waals surface area contributed by atoms with Gasteiger partial charge >= 0.3 is 0 Å². The summed E-state index contributed by atoms with van der Waals surface area (Å²) in [6, 6.07) is 16.2. The zero-order chi connectivity index (χ0) is 15.2. The first kappa shape index (κ1) is 15.3. The molecule has 3 heteroatoms. The van der Waals surface area contributed by atoms with Crippen LogP contribution in [-0.2, 0) is 11.2 Å². The predicted octanol–water partition coefficient (Wildman–Crippen LogP) is 3.46. The van der Waals surface area contributed by atoms with Crippen molar-refractivity contribution in [2.45, 2.75) is 26.3 Å². The second kappa shape index (κ2) is 7.04. The van der Waals surface area contributed by atoms with Gasteiger partial charge < -0.3 is 10.6 Å². The average molecular weight is 282 g/mol. The normalized spacial score (nSPS) is 12.0. The molecule has 0 aromatic heterocycles. The van der Waals surface area contributed by atoms with Crippen LogP contribution in [0.25, 0.3) is 0 Å². The molecule has 1 atom stereocenters. The number of hydrogen-bond donors (Lipinski definition) is 2. The van der Waals surface area contributed by atoms with Gasteiger partial charge in [0.2, 0.25) is 5.91 Å². The first-order valence-corrected chi connectivity index (χ1v) is 7.21. The molecule has 2 N–H and O–H groups in total. The average Bonchev–Trinajstić information content (AvgIpc) is 2.46. The van der Waals surface area contributed by atoms with E-state index in [1.54, 1.807) is 0 Å². The van der Waals surface area contributed by atoms with Gasteiger partial charge in [-0.25, -0.2) is 0 Å². The third kappa shape index (κ3) is 4.43. The maximum Gasteiger partial charge on any atom is 0.228 e. The number of nitrogens with one attached hydrogen (secondary N) is 2. The lowest BCUT2D eigenvalue weighted by Crippen LogP contribution is -2.16. The number of carbonyl (C=O) groups excluding carboxylic acids is 1. The van der Waals surface area contributed by atoms with E-state index in [4.69, 9.17) is 0 Å². The minimum Gasteiger partial charge on any atom is -0.326 e. The van der Waals surface area contributed by atoms with Gasteiger partial charge in [0.15, 0.2) is 0 Å². The molecule has 0 aliphatic heterocycles. The first-order valence-electron chi connectivity index (χ1n) is 7.21. The molecule has 0 radical (unpaired) electrons. The molecule has 1 unspecified atom stereocenters. The lowest BCUT2D eigenvalue weighted by molar-refractivity contribution is -0.115. The van der Waals surface area contributed by atoms with Crippen molar-refractivity contribution < 1.29 is 4.79 Å². The second-order valence-electron chi connectivity index (χ2n) is 5.35. The smallest absolute Gasteiger partial charge is 0.228 e. The van der Waals surface area contributed by atoms with Crippen molar-refractivity contribution in [3.05, 3.63) is 65.2 Å². The summed E-state index contributed by atoms with van der Waals surface area (Å²) in [6.45, 7) is 4.12. The van der Waals surface area contributed by atoms with E-state index in [2.05, 4.69) is 23.6 Å². The third-order valence-corrected chi connectivity index (χ3v) is 3.55. The number of rotatable bonds is 5. The summed E-state index contributed by atoms with van der Waals surface area (Å²) in [6.07, 6.45) is 0.396. The van der Waals surface area contributed by atoms with Crippen molar-refractivity contribution in [2.75, 3.05) is 12.4 Å². The minimum absolute atomic E-state index is 0.00913. The van der Waals surface area contributed by atoms with E-state index in [1.165, 1.54) is 5.56 Å². The SMILES string of the molecule is CNC(C)c1cccc(NC(=O)Cc2cccc(C)c2)c1. The number of benzene rings is 2. The van der Waals surface area contributed by atoms with E-state index in [0.29, 0.717) is 6.42 Å². The van der Waals surface area contributed by atoms with Gasteiger partial charge in [0.05, 0.1) is 6.42 Å². The number of hydrogen-bond acceptors (Lipinski definition) is 2. The Morgan fingerprint density at radius 2 is 1.90 bits per heavy atom. The fourth-order valence-electron chi connectivity index (χ4n) is 2.27. The molecule has 110 valence electrons. The van der Waals surface area contributed by atoms with Crippen LogP contribution in [0, 0.1) is 6.92 Å². The summed E-state index contributed by atoms with van der Waals surface area (Å²) < 4.78 is 0. The van der Waals surface area contributed by atoms with E-state index >= 15 is 0 Å². The summed E-state index contributed by atoms with van der Waals surface area (Å²) in [5.41, 5.74) is 4.20. The summed E-state index contributed by atoms with van der Waals surface area (Å²) in [7, 11) is 1.92. The molecular formula is C18H22N2O. The molecule has 2 aromatic rings. The molecule has 2 aromatic carbocycles. The van der Waals surface area contributed by atoms with E-state index in [1.807, 2.05) is 56.4 Å². The highest BCUT2D eigenvalue weighted by Crippen LogP contribution is 2.17. The Morgan fingerprint density at radius 1 is 1.14 bits per heavy atom. The van der Waals surface area contributed by atoms with Gasteiger partial charge in [-0.2, -0.15) is 0 Å². The number of amides is 1. The van der Waals surface area contributed by atoms with Crippen LogP contribution in [0.5, 0.6) is 0 Å². The molecule has 0 fully saturated rings. The Bertz CT molecular complexity index is 622. The molecule has 0 bridgehead atoms. The van der Waals surface area contributed by atoms with E-state index in [9.17, 15) is 4.79 Å². The second-order valence-corrected chi connectivity index (χ2v) is 5.35. The summed E-state index contributed by atoms with van der Waals surface area (Å²) >= 11 is 0. The van der Waals surface area contributed by atoms with E-state index in [-0.39, 0.29) is 11.9 Å². The van der Waals surface area contributed by atoms with Crippen molar-refractivity contribution in [1.82, 2.24) is 5.32 Å². The van der Waals surface area contributed by atoms with Crippen molar-refractivity contribution in [2.24, 2.45) is 0 Å². The summed E-state index contributed by atoms with van der Waals surface area (Å²) in [4.78, 5) is 12.1. The molecule has 3 nitrogen and oxygen atoms in total. The van der Waals surface area contributed by atoms with E-state index in [0.717, 1.165) is 16.8 Å². The molecule has 2 rings (SSSR count). The molecule has 0 aliphatic carbocycles. The fraction of sp³-hybridized carbons (Fsp3) is 0.278. The molecule has 0 saturated heterocycles. The predicted molar refractivity (Wildman–Crippen MR) is 87.4 cm³/mol. The minimum atomic E-state index is 0.00913. The topological polar surface area (TPSA) is 41.1 Å². The van der Waals surface area contributed by atoms with Crippen LogP contribution in [0.15, 0.2) is 48.5 Å². The lowest BCUT2D eigenvalue weighted by atomic mass is 10.1. The standard InChI is InChI=1S/C18H22N2O/c1-13-6-4-7-15(10-13)11-18(21)20-17-9-5-8-16(12-17)14(2)19-3/h4-10,12,14,19H,11H2,1-3H3,(H,20,21). The van der Waals surface area contributed by atoms with Crippen molar-refractivity contribution in [1.29, 1.82) is 0 Å². The lowest BCUT2D eigenvalue weighted by Gasteiger charge is -2.12. The maximum absolute atomic E-state index is 12.1. The Labute approximate surface area is 126 Å². The Morgan fingerprint density at radius 3 is 2.62 bits per heavy atom. The highest BCUT2D eigenvalue weighted by atomic mass is 16.1. The monoisotopic (exact) mass is 282 g/mol. The van der Waals surface area contributed by atoms with Crippen LogP contribution in [0.1, 0.15) is 29.7 Å². The zero-order valence-electron chi connectivity index (χ0n) is 12.8. The van der Waals surface area contributed by atoms with Gasteiger partial charge in [0.25, 0.3) is 0 Å².